The molecule has 1 aliphatic heterocycles. The van der Waals surface area contributed by atoms with Gasteiger partial charge in [0, 0.05) is 23.5 Å². The van der Waals surface area contributed by atoms with E-state index in [2.05, 4.69) is 4.98 Å². The van der Waals surface area contributed by atoms with Crippen LogP contribution in [0, 0.1) is 18.7 Å². The Morgan fingerprint density at radius 2 is 2.17 bits per heavy atom. The number of halogens is 1. The SMILES string of the molecule is Cc1ncsc1CCOC(=O)C1CCN(c2ccc(F)cc2)C1=O. The number of esters is 1. The number of anilines is 1. The minimum Gasteiger partial charge on any atom is -0.465 e. The average molecular weight is 348 g/mol. The highest BCUT2D eigenvalue weighted by Crippen LogP contribution is 2.26. The van der Waals surface area contributed by atoms with Crippen molar-refractivity contribution >= 4 is 28.9 Å². The molecule has 126 valence electrons. The highest BCUT2D eigenvalue weighted by Gasteiger charge is 2.38. The molecule has 1 fully saturated rings. The van der Waals surface area contributed by atoms with Crippen molar-refractivity contribution in [2.75, 3.05) is 18.1 Å². The van der Waals surface area contributed by atoms with Crippen LogP contribution in [0.2, 0.25) is 0 Å². The second-order valence-corrected chi connectivity index (χ2v) is 6.53. The van der Waals surface area contributed by atoms with Gasteiger partial charge in [0.05, 0.1) is 17.8 Å². The van der Waals surface area contributed by atoms with Crippen molar-refractivity contribution in [1.82, 2.24) is 4.98 Å². The molecule has 2 heterocycles. The number of benzene rings is 1. The summed E-state index contributed by atoms with van der Waals surface area (Å²) < 4.78 is 18.2. The predicted molar refractivity (Wildman–Crippen MR) is 88.4 cm³/mol. The van der Waals surface area contributed by atoms with Crippen LogP contribution in [-0.4, -0.2) is 30.0 Å². The van der Waals surface area contributed by atoms with Gasteiger partial charge in [-0.05, 0) is 37.6 Å². The van der Waals surface area contributed by atoms with Gasteiger partial charge in [-0.15, -0.1) is 11.3 Å². The van der Waals surface area contributed by atoms with Crippen LogP contribution in [0.3, 0.4) is 0 Å². The molecule has 1 amide bonds. The number of carbonyl (C=O) groups excluding carboxylic acids is 2. The van der Waals surface area contributed by atoms with Crippen LogP contribution in [0.1, 0.15) is 17.0 Å². The average Bonchev–Trinajstić information content (AvgIpc) is 3.14. The lowest BCUT2D eigenvalue weighted by Gasteiger charge is -2.16. The van der Waals surface area contributed by atoms with Gasteiger partial charge in [-0.2, -0.15) is 0 Å². The summed E-state index contributed by atoms with van der Waals surface area (Å²) in [7, 11) is 0. The number of hydrogen-bond donors (Lipinski definition) is 0. The lowest BCUT2D eigenvalue weighted by Crippen LogP contribution is -2.31. The monoisotopic (exact) mass is 348 g/mol. The molecule has 0 N–H and O–H groups in total. The van der Waals surface area contributed by atoms with Crippen LogP contribution in [0.4, 0.5) is 10.1 Å². The van der Waals surface area contributed by atoms with Crippen molar-refractivity contribution in [3.8, 4) is 0 Å². The number of rotatable bonds is 5. The Hall–Kier alpha value is -2.28. The van der Waals surface area contributed by atoms with E-state index in [-0.39, 0.29) is 18.3 Å². The van der Waals surface area contributed by atoms with Crippen molar-refractivity contribution in [2.45, 2.75) is 19.8 Å². The van der Waals surface area contributed by atoms with Crippen molar-refractivity contribution < 1.29 is 18.7 Å². The van der Waals surface area contributed by atoms with Crippen molar-refractivity contribution in [3.05, 3.63) is 46.2 Å². The van der Waals surface area contributed by atoms with Crippen molar-refractivity contribution in [1.29, 1.82) is 0 Å². The lowest BCUT2D eigenvalue weighted by atomic mass is 10.1. The van der Waals surface area contributed by atoms with E-state index in [0.717, 1.165) is 10.6 Å². The smallest absolute Gasteiger partial charge is 0.318 e. The highest BCUT2D eigenvalue weighted by molar-refractivity contribution is 7.09. The summed E-state index contributed by atoms with van der Waals surface area (Å²) in [6.07, 6.45) is 1.01. The first-order valence-electron chi connectivity index (χ1n) is 7.69. The third-order valence-corrected chi connectivity index (χ3v) is 5.04. The van der Waals surface area contributed by atoms with Gasteiger partial charge in [0.1, 0.15) is 11.7 Å². The molecule has 1 aromatic heterocycles. The Labute approximate surface area is 143 Å². The second kappa shape index (κ2) is 7.09. The Morgan fingerprint density at radius 1 is 1.42 bits per heavy atom. The van der Waals surface area contributed by atoms with E-state index in [1.165, 1.54) is 40.5 Å². The highest BCUT2D eigenvalue weighted by atomic mass is 32.1. The third-order valence-electron chi connectivity index (χ3n) is 4.05. The molecule has 5 nitrogen and oxygen atoms in total. The first-order chi connectivity index (χ1) is 11.6. The molecule has 0 aliphatic carbocycles. The molecule has 1 aromatic carbocycles. The van der Waals surface area contributed by atoms with Gasteiger partial charge in [-0.3, -0.25) is 9.59 Å². The molecule has 3 rings (SSSR count). The van der Waals surface area contributed by atoms with Gasteiger partial charge in [0.15, 0.2) is 0 Å². The van der Waals surface area contributed by atoms with Gasteiger partial charge in [-0.1, -0.05) is 0 Å². The van der Waals surface area contributed by atoms with Gasteiger partial charge in [0.2, 0.25) is 5.91 Å². The first kappa shape index (κ1) is 16.6. The second-order valence-electron chi connectivity index (χ2n) is 5.59. The van der Waals surface area contributed by atoms with E-state index in [9.17, 15) is 14.0 Å². The minimum atomic E-state index is -0.780. The summed E-state index contributed by atoms with van der Waals surface area (Å²) in [5.41, 5.74) is 3.29. The van der Waals surface area contributed by atoms with Crippen LogP contribution in [-0.2, 0) is 20.7 Å². The quantitative estimate of drug-likeness (QED) is 0.616. The molecule has 24 heavy (non-hydrogen) atoms. The molecule has 0 radical (unpaired) electrons. The lowest BCUT2D eigenvalue weighted by molar-refractivity contribution is -0.150. The summed E-state index contributed by atoms with van der Waals surface area (Å²) in [6, 6.07) is 5.67. The summed E-state index contributed by atoms with van der Waals surface area (Å²) in [4.78, 5) is 31.3. The maximum atomic E-state index is 13.0. The maximum absolute atomic E-state index is 13.0. The van der Waals surface area contributed by atoms with Crippen LogP contribution in [0.5, 0.6) is 0 Å². The van der Waals surface area contributed by atoms with Gasteiger partial charge >= 0.3 is 5.97 Å². The van der Waals surface area contributed by atoms with Crippen LogP contribution in [0.15, 0.2) is 29.8 Å². The largest absolute Gasteiger partial charge is 0.465 e. The molecule has 2 aromatic rings. The molecule has 1 aliphatic rings. The summed E-state index contributed by atoms with van der Waals surface area (Å²) in [5.74, 6) is -1.93. The fraction of sp³-hybridized carbons (Fsp3) is 0.353. The molecule has 0 spiro atoms. The molecular formula is C17H17FN2O3S. The number of nitrogens with zero attached hydrogens (tertiary/aromatic N) is 2. The number of hydrogen-bond acceptors (Lipinski definition) is 5. The fourth-order valence-corrected chi connectivity index (χ4v) is 3.45. The Morgan fingerprint density at radius 3 is 2.83 bits per heavy atom. The number of ether oxygens (including phenoxy) is 1. The minimum absolute atomic E-state index is 0.238. The molecule has 0 saturated carbocycles. The van der Waals surface area contributed by atoms with E-state index in [1.807, 2.05) is 6.92 Å². The number of aromatic nitrogens is 1. The van der Waals surface area contributed by atoms with Gasteiger partial charge in [-0.25, -0.2) is 9.37 Å². The Kier molecular flexibility index (Phi) is 4.89. The van der Waals surface area contributed by atoms with Crippen molar-refractivity contribution in [3.63, 3.8) is 0 Å². The van der Waals surface area contributed by atoms with Crippen LogP contribution >= 0.6 is 11.3 Å². The fourth-order valence-electron chi connectivity index (χ4n) is 2.69. The zero-order valence-corrected chi connectivity index (χ0v) is 14.0. The number of amides is 1. The normalized spacial score (nSPS) is 17.3. The van der Waals surface area contributed by atoms with Gasteiger partial charge in [0.25, 0.3) is 0 Å². The topological polar surface area (TPSA) is 59.5 Å². The summed E-state index contributed by atoms with van der Waals surface area (Å²) in [5, 5.41) is 0. The number of aryl methyl sites for hydroxylation is 1. The summed E-state index contributed by atoms with van der Waals surface area (Å²) >= 11 is 1.52. The zero-order valence-electron chi connectivity index (χ0n) is 13.2. The first-order valence-corrected chi connectivity index (χ1v) is 8.57. The van der Waals surface area contributed by atoms with E-state index >= 15 is 0 Å². The molecule has 0 bridgehead atoms. The molecule has 1 atom stereocenters. The van der Waals surface area contributed by atoms with E-state index in [0.29, 0.717) is 25.1 Å². The Balaban J connectivity index is 1.55. The number of thiazole rings is 1. The van der Waals surface area contributed by atoms with E-state index < -0.39 is 11.9 Å². The Bertz CT molecular complexity index is 745. The standard InChI is InChI=1S/C17H17FN2O3S/c1-11-15(24-10-19-11)7-9-23-17(22)14-6-8-20(16(14)21)13-4-2-12(18)3-5-13/h2-5,10,14H,6-9H2,1H3. The summed E-state index contributed by atoms with van der Waals surface area (Å²) in [6.45, 7) is 2.58. The maximum Gasteiger partial charge on any atom is 0.318 e. The zero-order chi connectivity index (χ0) is 17.1. The van der Waals surface area contributed by atoms with Gasteiger partial charge < -0.3 is 9.64 Å². The van der Waals surface area contributed by atoms with Crippen LogP contribution in [0.25, 0.3) is 0 Å². The number of carbonyl (C=O) groups is 2. The predicted octanol–water partition coefficient (Wildman–Crippen LogP) is 2.73. The van der Waals surface area contributed by atoms with E-state index in [4.69, 9.17) is 4.74 Å². The molecule has 7 heteroatoms. The van der Waals surface area contributed by atoms with Crippen molar-refractivity contribution in [2.24, 2.45) is 5.92 Å². The molecular weight excluding hydrogens is 331 g/mol. The van der Waals surface area contributed by atoms with E-state index in [1.54, 1.807) is 5.51 Å². The molecule has 1 unspecified atom stereocenters. The molecule has 1 saturated heterocycles. The van der Waals surface area contributed by atoms with Crippen LogP contribution < -0.4 is 4.90 Å². The third kappa shape index (κ3) is 3.46.